The Kier molecular flexibility index (Phi) is 5.75. The van der Waals surface area contributed by atoms with Crippen molar-refractivity contribution < 1.29 is 4.79 Å². The van der Waals surface area contributed by atoms with Crippen LogP contribution in [0.3, 0.4) is 0 Å². The number of hydrogen-bond donors (Lipinski definition) is 0. The Morgan fingerprint density at radius 2 is 1.90 bits per heavy atom. The number of carbonyl (C=O) groups is 1. The number of benzene rings is 2. The molecule has 29 heavy (non-hydrogen) atoms. The lowest BCUT2D eigenvalue weighted by Gasteiger charge is -2.51. The highest BCUT2D eigenvalue weighted by Gasteiger charge is 2.47. The van der Waals surface area contributed by atoms with Crippen LogP contribution in [0.1, 0.15) is 38.3 Å². The number of thioether (sulfide) groups is 2. The molecule has 2 aromatic rings. The highest BCUT2D eigenvalue weighted by Crippen LogP contribution is 2.50. The first-order chi connectivity index (χ1) is 13.8. The minimum atomic E-state index is -0.314. The maximum Gasteiger partial charge on any atom is 0.237 e. The van der Waals surface area contributed by atoms with E-state index >= 15 is 0 Å². The van der Waals surface area contributed by atoms with Gasteiger partial charge in [0, 0.05) is 27.4 Å². The molecule has 0 saturated carbocycles. The molecular weight excluding hydrogens is 420 g/mol. The van der Waals surface area contributed by atoms with Gasteiger partial charge in [-0.2, -0.15) is 0 Å². The summed E-state index contributed by atoms with van der Waals surface area (Å²) < 4.78 is 1.03. The number of carbonyl (C=O) groups excluding carboxylic acids is 1. The fourth-order valence-electron chi connectivity index (χ4n) is 4.64. The van der Waals surface area contributed by atoms with E-state index in [0.29, 0.717) is 5.75 Å². The summed E-state index contributed by atoms with van der Waals surface area (Å²) in [4.78, 5) is 19.8. The Bertz CT molecular complexity index is 958. The maximum absolute atomic E-state index is 13.3. The van der Waals surface area contributed by atoms with Gasteiger partial charge in [-0.1, -0.05) is 72.4 Å². The smallest absolute Gasteiger partial charge is 0.237 e. The fourth-order valence-corrected chi connectivity index (χ4v) is 6.62. The van der Waals surface area contributed by atoms with Crippen molar-refractivity contribution in [3.63, 3.8) is 0 Å². The van der Waals surface area contributed by atoms with Crippen molar-refractivity contribution in [2.75, 3.05) is 23.0 Å². The predicted molar refractivity (Wildman–Crippen MR) is 128 cm³/mol. The van der Waals surface area contributed by atoms with Crippen molar-refractivity contribution in [3.05, 3.63) is 64.7 Å². The average Bonchev–Trinajstić information content (AvgIpc) is 3.20. The van der Waals surface area contributed by atoms with Crippen molar-refractivity contribution in [1.29, 1.82) is 0 Å². The third kappa shape index (κ3) is 3.97. The molecule has 0 aliphatic carbocycles. The van der Waals surface area contributed by atoms with Gasteiger partial charge in [0.15, 0.2) is 0 Å². The zero-order chi connectivity index (χ0) is 20.6. The highest BCUT2D eigenvalue weighted by atomic mass is 35.5. The van der Waals surface area contributed by atoms with Crippen LogP contribution in [0.25, 0.3) is 0 Å². The molecule has 0 N–H and O–H groups in total. The summed E-state index contributed by atoms with van der Waals surface area (Å²) in [6, 6.07) is 16.4. The summed E-state index contributed by atoms with van der Waals surface area (Å²) in [7, 11) is 0. The second kappa shape index (κ2) is 8.01. The highest BCUT2D eigenvalue weighted by molar-refractivity contribution is 8.39. The molecule has 4 rings (SSSR count). The number of hydrogen-bond acceptors (Lipinski definition) is 4. The molecule has 3 nitrogen and oxygen atoms in total. The lowest BCUT2D eigenvalue weighted by Crippen LogP contribution is -2.56. The lowest BCUT2D eigenvalue weighted by molar-refractivity contribution is -0.117. The predicted octanol–water partition coefficient (Wildman–Crippen LogP) is 6.00. The van der Waals surface area contributed by atoms with Crippen LogP contribution in [0, 0.1) is 0 Å². The van der Waals surface area contributed by atoms with E-state index in [9.17, 15) is 4.79 Å². The van der Waals surface area contributed by atoms with Crippen LogP contribution in [0.2, 0.25) is 5.02 Å². The number of nitrogens with zero attached hydrogens (tertiary/aromatic N) is 2. The van der Waals surface area contributed by atoms with Gasteiger partial charge in [-0.3, -0.25) is 9.79 Å². The molecule has 0 bridgehead atoms. The van der Waals surface area contributed by atoms with Gasteiger partial charge in [0.1, 0.15) is 4.38 Å². The molecule has 2 aromatic carbocycles. The van der Waals surface area contributed by atoms with E-state index in [-0.39, 0.29) is 16.9 Å². The quantitative estimate of drug-likeness (QED) is 0.582. The monoisotopic (exact) mass is 444 g/mol. The van der Waals surface area contributed by atoms with Gasteiger partial charge < -0.3 is 4.90 Å². The SMILES string of the molecule is CC1(C)C[C@](C)(c2ccc(Cl)cc2)c2ccccc2N1C(=O)CSC1=NCCS1. The Hall–Kier alpha value is -1.43. The van der Waals surface area contributed by atoms with Crippen LogP contribution in [0.15, 0.2) is 53.5 Å². The van der Waals surface area contributed by atoms with Gasteiger partial charge in [-0.15, -0.1) is 0 Å². The fraction of sp³-hybridized carbons (Fsp3) is 0.391. The number of fused-ring (bicyclic) bond motifs is 1. The van der Waals surface area contributed by atoms with Crippen molar-refractivity contribution in [3.8, 4) is 0 Å². The van der Waals surface area contributed by atoms with Crippen LogP contribution < -0.4 is 4.90 Å². The minimum absolute atomic E-state index is 0.140. The summed E-state index contributed by atoms with van der Waals surface area (Å²) in [5.74, 6) is 1.58. The first-order valence-corrected chi connectivity index (χ1v) is 12.1. The number of amides is 1. The minimum Gasteiger partial charge on any atom is -0.306 e. The van der Waals surface area contributed by atoms with Gasteiger partial charge >= 0.3 is 0 Å². The topological polar surface area (TPSA) is 32.7 Å². The number of rotatable bonds is 3. The number of halogens is 1. The summed E-state index contributed by atoms with van der Waals surface area (Å²) in [6.45, 7) is 7.47. The molecule has 1 amide bonds. The molecule has 0 aromatic heterocycles. The van der Waals surface area contributed by atoms with E-state index in [1.54, 1.807) is 23.5 Å². The molecule has 2 aliphatic heterocycles. The van der Waals surface area contributed by atoms with Crippen LogP contribution >= 0.6 is 35.1 Å². The summed E-state index contributed by atoms with van der Waals surface area (Å²) in [5, 5.41) is 0.738. The molecule has 2 heterocycles. The molecule has 0 spiro atoms. The van der Waals surface area contributed by atoms with Gasteiger partial charge in [-0.25, -0.2) is 0 Å². The zero-order valence-electron chi connectivity index (χ0n) is 16.9. The van der Waals surface area contributed by atoms with Gasteiger partial charge in [0.2, 0.25) is 5.91 Å². The molecule has 1 atom stereocenters. The summed E-state index contributed by atoms with van der Waals surface area (Å²) >= 11 is 9.45. The molecule has 0 radical (unpaired) electrons. The van der Waals surface area contributed by atoms with Crippen molar-refractivity contribution in [1.82, 2.24) is 0 Å². The van der Waals surface area contributed by atoms with Crippen LogP contribution in [0.4, 0.5) is 5.69 Å². The second-order valence-corrected chi connectivity index (χ2v) is 11.1. The van der Waals surface area contributed by atoms with E-state index in [4.69, 9.17) is 11.6 Å². The third-order valence-corrected chi connectivity index (χ3v) is 8.23. The van der Waals surface area contributed by atoms with E-state index in [2.05, 4.69) is 56.1 Å². The van der Waals surface area contributed by atoms with Crippen LogP contribution in [0.5, 0.6) is 0 Å². The van der Waals surface area contributed by atoms with E-state index in [0.717, 1.165) is 33.8 Å². The van der Waals surface area contributed by atoms with Crippen molar-refractivity contribution in [2.24, 2.45) is 4.99 Å². The third-order valence-electron chi connectivity index (χ3n) is 5.74. The maximum atomic E-state index is 13.3. The van der Waals surface area contributed by atoms with Gasteiger partial charge in [0.05, 0.1) is 12.3 Å². The second-order valence-electron chi connectivity index (χ2n) is 8.36. The van der Waals surface area contributed by atoms with E-state index in [1.165, 1.54) is 11.1 Å². The lowest BCUT2D eigenvalue weighted by atomic mass is 9.65. The average molecular weight is 445 g/mol. The van der Waals surface area contributed by atoms with Crippen LogP contribution in [-0.4, -0.2) is 33.9 Å². The number of anilines is 1. The molecule has 2 aliphatic rings. The van der Waals surface area contributed by atoms with Crippen molar-refractivity contribution in [2.45, 2.75) is 38.1 Å². The summed E-state index contributed by atoms with van der Waals surface area (Å²) in [5.41, 5.74) is 2.91. The van der Waals surface area contributed by atoms with Gasteiger partial charge in [-0.05, 0) is 49.6 Å². The summed E-state index contributed by atoms with van der Waals surface area (Å²) in [6.07, 6.45) is 0.838. The van der Waals surface area contributed by atoms with Crippen LogP contribution in [-0.2, 0) is 10.2 Å². The largest absolute Gasteiger partial charge is 0.306 e. The first kappa shape index (κ1) is 20.8. The number of para-hydroxylation sites is 1. The molecule has 152 valence electrons. The normalized spacial score (nSPS) is 22.9. The van der Waals surface area contributed by atoms with Gasteiger partial charge in [0.25, 0.3) is 0 Å². The Morgan fingerprint density at radius 3 is 2.59 bits per heavy atom. The standard InChI is InChI=1S/C23H25ClN2OS2/c1-22(2)15-23(3,16-8-10-17(24)11-9-16)18-6-4-5-7-19(18)26(22)20(27)14-29-21-25-12-13-28-21/h4-11H,12-15H2,1-3H3/t23-/m1/s1. The van der Waals surface area contributed by atoms with Crippen molar-refractivity contribution >= 4 is 51.1 Å². The van der Waals surface area contributed by atoms with E-state index in [1.807, 2.05) is 23.1 Å². The Labute approximate surface area is 186 Å². The molecule has 0 fully saturated rings. The molecular formula is C23H25ClN2OS2. The first-order valence-electron chi connectivity index (χ1n) is 9.80. The molecule has 6 heteroatoms. The van der Waals surface area contributed by atoms with E-state index < -0.39 is 0 Å². The Morgan fingerprint density at radius 1 is 1.17 bits per heavy atom. The Balaban J connectivity index is 1.71. The number of aliphatic imine (C=N–C) groups is 1. The molecule has 0 saturated heterocycles. The zero-order valence-corrected chi connectivity index (χ0v) is 19.3. The molecule has 0 unspecified atom stereocenters.